The second kappa shape index (κ2) is 11.8. The van der Waals surface area contributed by atoms with Gasteiger partial charge in [-0.2, -0.15) is 0 Å². The van der Waals surface area contributed by atoms with Crippen molar-refractivity contribution in [2.75, 3.05) is 0 Å². The number of aryl methyl sites for hydroxylation is 4. The van der Waals surface area contributed by atoms with E-state index in [1.165, 1.54) is 33.4 Å². The second-order valence-electron chi connectivity index (χ2n) is 12.4. The Morgan fingerprint density at radius 1 is 0.341 bits per heavy atom. The fraction of sp³-hybridized carbons (Fsp3) is 0.250. The van der Waals surface area contributed by atoms with E-state index in [0.29, 0.717) is 0 Å². The molecule has 0 amide bonds. The van der Waals surface area contributed by atoms with E-state index < -0.39 is 0 Å². The first-order valence-corrected chi connectivity index (χ1v) is 15.1. The van der Waals surface area contributed by atoms with E-state index in [2.05, 4.69) is 52.0 Å². The number of rotatable bonds is 6. The van der Waals surface area contributed by atoms with Crippen LogP contribution in [0.15, 0.2) is 72.8 Å². The minimum atomic E-state index is -0.120. The van der Waals surface area contributed by atoms with Crippen molar-refractivity contribution in [2.24, 2.45) is 0 Å². The van der Waals surface area contributed by atoms with Crippen LogP contribution in [-0.2, 0) is 0 Å². The molecule has 4 nitrogen and oxygen atoms in total. The first-order chi connectivity index (χ1) is 20.8. The summed E-state index contributed by atoms with van der Waals surface area (Å²) in [5.74, 6) is 0.822. The van der Waals surface area contributed by atoms with Gasteiger partial charge in [0.2, 0.25) is 0 Å². The highest BCUT2D eigenvalue weighted by atomic mass is 16.3. The van der Waals surface area contributed by atoms with Crippen molar-refractivity contribution in [3.8, 4) is 23.0 Å². The molecule has 0 unspecified atom stereocenters. The van der Waals surface area contributed by atoms with Crippen molar-refractivity contribution in [3.63, 3.8) is 0 Å². The van der Waals surface area contributed by atoms with Gasteiger partial charge in [0.1, 0.15) is 23.0 Å². The molecule has 0 saturated carbocycles. The lowest BCUT2D eigenvalue weighted by atomic mass is 9.72. The average Bonchev–Trinajstić information content (AvgIpc) is 2.98. The van der Waals surface area contributed by atoms with Gasteiger partial charge in [-0.05, 0) is 158 Å². The highest BCUT2D eigenvalue weighted by Gasteiger charge is 2.29. The highest BCUT2D eigenvalue weighted by molar-refractivity contribution is 5.62. The molecule has 5 aromatic carbocycles. The van der Waals surface area contributed by atoms with Gasteiger partial charge >= 0.3 is 0 Å². The molecule has 4 heteroatoms. The van der Waals surface area contributed by atoms with Gasteiger partial charge in [0.15, 0.2) is 0 Å². The standard InChI is InChI=1S/C40H42O4/c1-21-17-29(9-13-33(21)41)39(30-10-14-34(42)22(2)18-30)37-25(5)27(7)38(28(8)26(37)6)40(31-11-15-35(43)23(3)19-31)32-12-16-36(44)24(4)20-32/h9-20,39-44H,1-8H3. The van der Waals surface area contributed by atoms with Gasteiger partial charge in [-0.1, -0.05) is 48.5 Å². The number of phenols is 4. The Labute approximate surface area is 260 Å². The zero-order valence-electron chi connectivity index (χ0n) is 26.9. The zero-order valence-corrected chi connectivity index (χ0v) is 26.9. The van der Waals surface area contributed by atoms with Crippen LogP contribution in [0.3, 0.4) is 0 Å². The van der Waals surface area contributed by atoms with Crippen LogP contribution in [0.5, 0.6) is 23.0 Å². The summed E-state index contributed by atoms with van der Waals surface area (Å²) in [7, 11) is 0. The first kappa shape index (κ1) is 30.7. The molecular formula is C40H42O4. The highest BCUT2D eigenvalue weighted by Crippen LogP contribution is 2.45. The molecule has 0 aliphatic heterocycles. The second-order valence-corrected chi connectivity index (χ2v) is 12.4. The Hall–Kier alpha value is -4.70. The summed E-state index contributed by atoms with van der Waals surface area (Å²) in [6, 6.07) is 23.3. The Balaban J connectivity index is 1.82. The molecule has 5 aromatic rings. The van der Waals surface area contributed by atoms with Gasteiger partial charge in [-0.3, -0.25) is 0 Å². The normalized spacial score (nSPS) is 11.5. The van der Waals surface area contributed by atoms with Crippen molar-refractivity contribution in [1.82, 2.24) is 0 Å². The van der Waals surface area contributed by atoms with Gasteiger partial charge in [0.05, 0.1) is 0 Å². The van der Waals surface area contributed by atoms with Gasteiger partial charge in [0.25, 0.3) is 0 Å². The van der Waals surface area contributed by atoms with E-state index in [4.69, 9.17) is 0 Å². The summed E-state index contributed by atoms with van der Waals surface area (Å²) in [6.07, 6.45) is 0. The van der Waals surface area contributed by atoms with Gasteiger partial charge in [-0.25, -0.2) is 0 Å². The van der Waals surface area contributed by atoms with Crippen molar-refractivity contribution in [3.05, 3.63) is 151 Å². The molecule has 0 saturated heterocycles. The number of benzene rings is 5. The maximum atomic E-state index is 10.4. The molecule has 44 heavy (non-hydrogen) atoms. The molecule has 0 spiro atoms. The lowest BCUT2D eigenvalue weighted by molar-refractivity contribution is 0.470. The van der Waals surface area contributed by atoms with Crippen LogP contribution < -0.4 is 0 Å². The van der Waals surface area contributed by atoms with Crippen LogP contribution in [0.1, 0.15) is 89.7 Å². The Bertz CT molecular complexity index is 1630. The largest absolute Gasteiger partial charge is 0.508 e. The Kier molecular flexibility index (Phi) is 8.22. The molecule has 0 atom stereocenters. The summed E-state index contributed by atoms with van der Waals surface area (Å²) in [4.78, 5) is 0. The lowest BCUT2D eigenvalue weighted by Gasteiger charge is -2.31. The van der Waals surface area contributed by atoms with E-state index in [1.807, 2.05) is 52.0 Å². The Morgan fingerprint density at radius 3 is 0.727 bits per heavy atom. The van der Waals surface area contributed by atoms with E-state index >= 15 is 0 Å². The van der Waals surface area contributed by atoms with Gasteiger partial charge in [0, 0.05) is 11.8 Å². The predicted molar refractivity (Wildman–Crippen MR) is 179 cm³/mol. The van der Waals surface area contributed by atoms with Crippen LogP contribution >= 0.6 is 0 Å². The van der Waals surface area contributed by atoms with Crippen molar-refractivity contribution in [1.29, 1.82) is 0 Å². The third-order valence-electron chi connectivity index (χ3n) is 9.54. The van der Waals surface area contributed by atoms with E-state index in [-0.39, 0.29) is 34.8 Å². The average molecular weight is 587 g/mol. The van der Waals surface area contributed by atoms with Gasteiger partial charge in [-0.15, -0.1) is 0 Å². The van der Waals surface area contributed by atoms with Crippen LogP contribution in [-0.4, -0.2) is 20.4 Å². The summed E-state index contributed by atoms with van der Waals surface area (Å²) in [5.41, 5.74) is 14.7. The number of hydrogen-bond acceptors (Lipinski definition) is 4. The number of phenolic OH excluding ortho intramolecular Hbond substituents is 4. The maximum Gasteiger partial charge on any atom is 0.118 e. The molecule has 5 rings (SSSR count). The lowest BCUT2D eigenvalue weighted by Crippen LogP contribution is -2.15. The smallest absolute Gasteiger partial charge is 0.118 e. The SMILES string of the molecule is Cc1cc(C(c2ccc(O)c(C)c2)c2c(C)c(C)c(C(c3ccc(O)c(C)c3)c3ccc(O)c(C)c3)c(C)c2C)ccc1O. The molecule has 0 radical (unpaired) electrons. The molecule has 0 heterocycles. The van der Waals surface area contributed by atoms with Crippen LogP contribution in [0.2, 0.25) is 0 Å². The molecule has 0 aliphatic rings. The maximum absolute atomic E-state index is 10.4. The molecular weight excluding hydrogens is 544 g/mol. The topological polar surface area (TPSA) is 80.9 Å². The molecule has 0 fully saturated rings. The van der Waals surface area contributed by atoms with Crippen LogP contribution in [0.4, 0.5) is 0 Å². The zero-order chi connectivity index (χ0) is 32.0. The first-order valence-electron chi connectivity index (χ1n) is 15.1. The molecule has 0 bridgehead atoms. The van der Waals surface area contributed by atoms with E-state index in [1.54, 1.807) is 24.3 Å². The van der Waals surface area contributed by atoms with Gasteiger partial charge < -0.3 is 20.4 Å². The molecule has 4 N–H and O–H groups in total. The monoisotopic (exact) mass is 586 g/mol. The van der Waals surface area contributed by atoms with E-state index in [9.17, 15) is 20.4 Å². The molecule has 226 valence electrons. The fourth-order valence-electron chi connectivity index (χ4n) is 6.72. The predicted octanol–water partition coefficient (Wildman–Crippen LogP) is 9.34. The summed E-state index contributed by atoms with van der Waals surface area (Å²) < 4.78 is 0. The quantitative estimate of drug-likeness (QED) is 0.149. The van der Waals surface area contributed by atoms with Crippen molar-refractivity contribution in [2.45, 2.75) is 67.2 Å². The fourth-order valence-corrected chi connectivity index (χ4v) is 6.72. The summed E-state index contributed by atoms with van der Waals surface area (Å²) >= 11 is 0. The summed E-state index contributed by atoms with van der Waals surface area (Å²) in [5, 5.41) is 41.5. The number of hydrogen-bond donors (Lipinski definition) is 4. The third kappa shape index (κ3) is 5.41. The minimum Gasteiger partial charge on any atom is -0.508 e. The molecule has 0 aromatic heterocycles. The summed E-state index contributed by atoms with van der Waals surface area (Å²) in [6.45, 7) is 16.4. The van der Waals surface area contributed by atoms with Crippen molar-refractivity contribution < 1.29 is 20.4 Å². The molecule has 0 aliphatic carbocycles. The van der Waals surface area contributed by atoms with Crippen LogP contribution in [0.25, 0.3) is 0 Å². The van der Waals surface area contributed by atoms with Crippen LogP contribution in [0, 0.1) is 55.4 Å². The Morgan fingerprint density at radius 2 is 0.545 bits per heavy atom. The third-order valence-corrected chi connectivity index (χ3v) is 9.54. The van der Waals surface area contributed by atoms with Crippen molar-refractivity contribution >= 4 is 0 Å². The van der Waals surface area contributed by atoms with E-state index in [0.717, 1.165) is 44.5 Å². The number of aromatic hydroxyl groups is 4. The minimum absolute atomic E-state index is 0.120.